The van der Waals surface area contributed by atoms with Crippen molar-refractivity contribution < 1.29 is 14.7 Å². The van der Waals surface area contributed by atoms with Crippen molar-refractivity contribution in [2.75, 3.05) is 4.90 Å². The number of carbonyl (C=O) groups excluding carboxylic acids is 2. The number of aliphatic carboxylic acids is 1. The van der Waals surface area contributed by atoms with E-state index >= 15 is 0 Å². The van der Waals surface area contributed by atoms with E-state index in [2.05, 4.69) is 5.32 Å². The monoisotopic (exact) mass is 249 g/mol. The van der Waals surface area contributed by atoms with Gasteiger partial charge in [0.25, 0.3) is 0 Å². The van der Waals surface area contributed by atoms with Crippen molar-refractivity contribution in [1.29, 1.82) is 0 Å². The molecule has 1 aliphatic rings. The average Bonchev–Trinajstić information content (AvgIpc) is 2.54. The summed E-state index contributed by atoms with van der Waals surface area (Å²) in [7, 11) is 0. The van der Waals surface area contributed by atoms with Gasteiger partial charge in [0, 0.05) is 18.1 Å². The third kappa shape index (κ3) is 2.26. The molecule has 5 nitrogen and oxygen atoms in total. The molecule has 0 saturated carbocycles. The molecule has 2 rings (SSSR count). The van der Waals surface area contributed by atoms with Crippen LogP contribution in [0.15, 0.2) is 30.3 Å². The average molecular weight is 249 g/mol. The molecule has 17 heavy (non-hydrogen) atoms. The highest BCUT2D eigenvalue weighted by Gasteiger charge is 2.36. The molecule has 1 fully saturated rings. The molecule has 0 aliphatic carbocycles. The number of hydrogen-bond acceptors (Lipinski definition) is 4. The molecule has 1 atom stereocenters. The van der Waals surface area contributed by atoms with E-state index in [1.807, 2.05) is 6.07 Å². The molecule has 1 aromatic carbocycles. The lowest BCUT2D eigenvalue weighted by atomic mass is 10.1. The van der Waals surface area contributed by atoms with E-state index in [0.717, 1.165) is 0 Å². The van der Waals surface area contributed by atoms with Crippen molar-refractivity contribution in [3.8, 4) is 0 Å². The molecule has 6 heteroatoms. The summed E-state index contributed by atoms with van der Waals surface area (Å²) in [5, 5.41) is 13.3. The molecule has 0 aromatic heterocycles. The Morgan fingerprint density at radius 2 is 2.06 bits per heavy atom. The number of para-hydroxylation sites is 1. The van der Waals surface area contributed by atoms with E-state index in [0.29, 0.717) is 5.69 Å². The third-order valence-corrected chi connectivity index (χ3v) is 2.76. The highest BCUT2D eigenvalue weighted by molar-refractivity contribution is 7.80. The van der Waals surface area contributed by atoms with Crippen molar-refractivity contribution in [3.63, 3.8) is 0 Å². The highest BCUT2D eigenvalue weighted by Crippen LogP contribution is 2.22. The maximum atomic E-state index is 11.6. The van der Waals surface area contributed by atoms with Gasteiger partial charge in [-0.05, 0) is 24.4 Å². The first kappa shape index (κ1) is 11.5. The van der Waals surface area contributed by atoms with Crippen molar-refractivity contribution in [1.82, 2.24) is 5.32 Å². The van der Waals surface area contributed by atoms with Gasteiger partial charge in [-0.15, -0.1) is 0 Å². The first-order valence-electron chi connectivity index (χ1n) is 4.98. The smallest absolute Gasteiger partial charge is 0.249 e. The zero-order chi connectivity index (χ0) is 12.4. The lowest BCUT2D eigenvalue weighted by Crippen LogP contribution is -2.40. The SMILES string of the molecule is O=C([O-])C[C@H]1C(=O)NC(=S)N1c1ccccc1. The lowest BCUT2D eigenvalue weighted by molar-refractivity contribution is -0.305. The van der Waals surface area contributed by atoms with Gasteiger partial charge in [0.1, 0.15) is 6.04 Å². The number of anilines is 1. The van der Waals surface area contributed by atoms with Crippen molar-refractivity contribution >= 4 is 34.9 Å². The topological polar surface area (TPSA) is 72.5 Å². The number of nitrogens with one attached hydrogen (secondary N) is 1. The number of carbonyl (C=O) groups is 2. The van der Waals surface area contributed by atoms with Crippen LogP contribution in [-0.2, 0) is 9.59 Å². The minimum Gasteiger partial charge on any atom is -0.550 e. The number of carboxylic acid groups (broad SMARTS) is 1. The Kier molecular flexibility index (Phi) is 3.06. The largest absolute Gasteiger partial charge is 0.550 e. The van der Waals surface area contributed by atoms with Crippen molar-refractivity contribution in [2.45, 2.75) is 12.5 Å². The summed E-state index contributed by atoms with van der Waals surface area (Å²) >= 11 is 5.01. The number of thiocarbonyl (C=S) groups is 1. The Labute approximate surface area is 103 Å². The summed E-state index contributed by atoms with van der Waals surface area (Å²) in [6.45, 7) is 0. The molecule has 1 aromatic rings. The van der Waals surface area contributed by atoms with E-state index in [9.17, 15) is 14.7 Å². The molecule has 1 heterocycles. The molecular formula is C11H9N2O3S-. The fourth-order valence-electron chi connectivity index (χ4n) is 1.74. The standard InChI is InChI=1S/C11H10N2O3S/c14-9(15)6-8-10(16)12-11(17)13(8)7-4-2-1-3-5-7/h1-5,8H,6H2,(H,14,15)(H,12,16,17)/p-1/t8-/m0/s1. The lowest BCUT2D eigenvalue weighted by Gasteiger charge is -2.23. The molecule has 0 spiro atoms. The Morgan fingerprint density at radius 1 is 1.41 bits per heavy atom. The maximum Gasteiger partial charge on any atom is 0.249 e. The van der Waals surface area contributed by atoms with E-state index in [4.69, 9.17) is 12.2 Å². The van der Waals surface area contributed by atoms with Crippen LogP contribution in [0.2, 0.25) is 0 Å². The molecule has 88 valence electrons. The van der Waals surface area contributed by atoms with Crippen molar-refractivity contribution in [2.24, 2.45) is 0 Å². The van der Waals surface area contributed by atoms with Crippen LogP contribution < -0.4 is 15.3 Å². The Hall–Kier alpha value is -1.95. The van der Waals surface area contributed by atoms with Gasteiger partial charge in [-0.3, -0.25) is 4.79 Å². The van der Waals surface area contributed by atoms with Gasteiger partial charge >= 0.3 is 0 Å². The van der Waals surface area contributed by atoms with Crippen LogP contribution in [0.5, 0.6) is 0 Å². The van der Waals surface area contributed by atoms with Crippen LogP contribution in [-0.4, -0.2) is 23.0 Å². The number of hydrogen-bond donors (Lipinski definition) is 1. The van der Waals surface area contributed by atoms with Gasteiger partial charge in [-0.2, -0.15) is 0 Å². The van der Waals surface area contributed by atoms with Crippen LogP contribution >= 0.6 is 12.2 Å². The Morgan fingerprint density at radius 3 is 2.65 bits per heavy atom. The van der Waals surface area contributed by atoms with Crippen LogP contribution in [0.4, 0.5) is 5.69 Å². The minimum atomic E-state index is -1.28. The summed E-state index contributed by atoms with van der Waals surface area (Å²) in [5.74, 6) is -1.70. The fraction of sp³-hybridized carbons (Fsp3) is 0.182. The third-order valence-electron chi connectivity index (χ3n) is 2.46. The molecule has 0 radical (unpaired) electrons. The maximum absolute atomic E-state index is 11.6. The summed E-state index contributed by atoms with van der Waals surface area (Å²) in [5.41, 5.74) is 0.683. The number of carboxylic acids is 1. The zero-order valence-corrected chi connectivity index (χ0v) is 9.57. The molecule has 1 N–H and O–H groups in total. The van der Waals surface area contributed by atoms with Gasteiger partial charge in [-0.1, -0.05) is 18.2 Å². The minimum absolute atomic E-state index is 0.215. The van der Waals surface area contributed by atoms with E-state index in [1.54, 1.807) is 24.3 Å². The Balaban J connectivity index is 2.32. The molecule has 0 unspecified atom stereocenters. The van der Waals surface area contributed by atoms with Gasteiger partial charge in [-0.25, -0.2) is 0 Å². The summed E-state index contributed by atoms with van der Waals surface area (Å²) in [4.78, 5) is 23.7. The second kappa shape index (κ2) is 4.50. The first-order chi connectivity index (χ1) is 8.09. The normalized spacial score (nSPS) is 19.3. The number of rotatable bonds is 3. The highest BCUT2D eigenvalue weighted by atomic mass is 32.1. The number of benzene rings is 1. The zero-order valence-electron chi connectivity index (χ0n) is 8.75. The molecule has 1 saturated heterocycles. The summed E-state index contributed by atoms with van der Waals surface area (Å²) in [6, 6.07) is 8.08. The first-order valence-corrected chi connectivity index (χ1v) is 5.39. The van der Waals surface area contributed by atoms with Gasteiger partial charge in [0.05, 0.1) is 0 Å². The van der Waals surface area contributed by atoms with Gasteiger partial charge in [0.2, 0.25) is 5.91 Å². The predicted octanol–water partition coefficient (Wildman–Crippen LogP) is -0.584. The predicted molar refractivity (Wildman–Crippen MR) is 63.1 cm³/mol. The summed E-state index contributed by atoms with van der Waals surface area (Å²) in [6.07, 6.45) is -0.388. The molecular weight excluding hydrogens is 240 g/mol. The van der Waals surface area contributed by atoms with Gasteiger partial charge < -0.3 is 20.1 Å². The van der Waals surface area contributed by atoms with Crippen LogP contribution in [0, 0.1) is 0 Å². The second-order valence-electron chi connectivity index (χ2n) is 3.59. The van der Waals surface area contributed by atoms with E-state index in [-0.39, 0.29) is 11.5 Å². The number of amides is 1. The van der Waals surface area contributed by atoms with Crippen LogP contribution in [0.25, 0.3) is 0 Å². The van der Waals surface area contributed by atoms with Crippen molar-refractivity contribution in [3.05, 3.63) is 30.3 Å². The number of nitrogens with zero attached hydrogens (tertiary/aromatic N) is 1. The van der Waals surface area contributed by atoms with Gasteiger partial charge in [0.15, 0.2) is 5.11 Å². The second-order valence-corrected chi connectivity index (χ2v) is 3.98. The quantitative estimate of drug-likeness (QED) is 0.725. The molecule has 1 amide bonds. The molecule has 1 aliphatic heterocycles. The molecule has 0 bridgehead atoms. The van der Waals surface area contributed by atoms with E-state index < -0.39 is 17.9 Å². The fourth-order valence-corrected chi connectivity index (χ4v) is 2.07. The van der Waals surface area contributed by atoms with Crippen LogP contribution in [0.1, 0.15) is 6.42 Å². The Bertz CT molecular complexity index is 475. The van der Waals surface area contributed by atoms with E-state index in [1.165, 1.54) is 4.90 Å². The van der Waals surface area contributed by atoms with Crippen LogP contribution in [0.3, 0.4) is 0 Å². The summed E-state index contributed by atoms with van der Waals surface area (Å²) < 4.78 is 0.